The van der Waals surface area contributed by atoms with Gasteiger partial charge in [-0.15, -0.1) is 0 Å². The predicted octanol–water partition coefficient (Wildman–Crippen LogP) is 3.63. The van der Waals surface area contributed by atoms with E-state index < -0.39 is 6.10 Å². The zero-order chi connectivity index (χ0) is 10.7. The van der Waals surface area contributed by atoms with Crippen LogP contribution in [0.2, 0.25) is 0 Å². The third-order valence-corrected chi connectivity index (χ3v) is 3.65. The summed E-state index contributed by atoms with van der Waals surface area (Å²) in [5.74, 6) is 0. The van der Waals surface area contributed by atoms with Crippen LogP contribution in [0.3, 0.4) is 0 Å². The molecule has 2 aromatic rings. The molecule has 78 valence electrons. The van der Waals surface area contributed by atoms with Crippen LogP contribution in [-0.2, 0) is 6.42 Å². The minimum atomic E-state index is -0.394. The van der Waals surface area contributed by atoms with Gasteiger partial charge in [-0.25, -0.2) is 0 Å². The van der Waals surface area contributed by atoms with Gasteiger partial charge in [0, 0.05) is 9.99 Å². The largest absolute Gasteiger partial charge is 0.388 e. The van der Waals surface area contributed by atoms with E-state index in [2.05, 4.69) is 34.0 Å². The van der Waals surface area contributed by atoms with Crippen molar-refractivity contribution in [1.29, 1.82) is 0 Å². The van der Waals surface area contributed by atoms with E-state index in [1.807, 2.05) is 29.6 Å². The third kappa shape index (κ3) is 3.03. The lowest BCUT2D eigenvalue weighted by molar-refractivity contribution is 0.178. The van der Waals surface area contributed by atoms with Crippen molar-refractivity contribution in [3.05, 3.63) is 55.8 Å². The number of aliphatic hydroxyl groups excluding tert-OH is 1. The molecule has 0 radical (unpaired) electrons. The summed E-state index contributed by atoms with van der Waals surface area (Å²) in [4.78, 5) is 0. The maximum atomic E-state index is 10.0. The Bertz CT molecular complexity index is 425. The maximum Gasteiger partial charge on any atom is 0.0831 e. The zero-order valence-corrected chi connectivity index (χ0v) is 11.0. The normalized spacial score (nSPS) is 12.7. The highest BCUT2D eigenvalue weighted by molar-refractivity contribution is 14.1. The molecular formula is C12H11IOS. The second-order valence-corrected chi connectivity index (χ2v) is 5.43. The van der Waals surface area contributed by atoms with Crippen molar-refractivity contribution in [2.24, 2.45) is 0 Å². The van der Waals surface area contributed by atoms with Crippen molar-refractivity contribution < 1.29 is 5.11 Å². The van der Waals surface area contributed by atoms with E-state index in [9.17, 15) is 5.11 Å². The van der Waals surface area contributed by atoms with E-state index in [4.69, 9.17) is 0 Å². The van der Waals surface area contributed by atoms with Gasteiger partial charge in [-0.05, 0) is 62.7 Å². The van der Waals surface area contributed by atoms with Crippen LogP contribution in [0.1, 0.15) is 17.2 Å². The first-order chi connectivity index (χ1) is 7.25. The Morgan fingerprint density at radius 2 is 2.20 bits per heavy atom. The summed E-state index contributed by atoms with van der Waals surface area (Å²) in [6, 6.07) is 10.1. The highest BCUT2D eigenvalue weighted by Crippen LogP contribution is 2.21. The smallest absolute Gasteiger partial charge is 0.0831 e. The fourth-order valence-corrected chi connectivity index (χ4v) is 2.71. The van der Waals surface area contributed by atoms with E-state index in [1.165, 1.54) is 5.56 Å². The van der Waals surface area contributed by atoms with Gasteiger partial charge >= 0.3 is 0 Å². The van der Waals surface area contributed by atoms with Crippen molar-refractivity contribution in [1.82, 2.24) is 0 Å². The predicted molar refractivity (Wildman–Crippen MR) is 72.1 cm³/mol. The van der Waals surface area contributed by atoms with Gasteiger partial charge in [0.1, 0.15) is 0 Å². The van der Waals surface area contributed by atoms with Gasteiger partial charge in [0.2, 0.25) is 0 Å². The molecule has 1 nitrogen and oxygen atoms in total. The average Bonchev–Trinajstić information content (AvgIpc) is 2.70. The van der Waals surface area contributed by atoms with Crippen molar-refractivity contribution in [3.63, 3.8) is 0 Å². The molecule has 0 aliphatic heterocycles. The monoisotopic (exact) mass is 330 g/mol. The number of hydrogen-bond donors (Lipinski definition) is 1. The first-order valence-corrected chi connectivity index (χ1v) is 6.72. The lowest BCUT2D eigenvalue weighted by Crippen LogP contribution is -2.00. The van der Waals surface area contributed by atoms with Gasteiger partial charge in [-0.1, -0.05) is 12.1 Å². The summed E-state index contributed by atoms with van der Waals surface area (Å²) >= 11 is 3.93. The molecule has 0 spiro atoms. The second kappa shape index (κ2) is 5.09. The third-order valence-electron chi connectivity index (χ3n) is 2.24. The Balaban J connectivity index is 2.11. The molecule has 0 aliphatic rings. The zero-order valence-electron chi connectivity index (χ0n) is 8.06. The molecule has 0 saturated carbocycles. The van der Waals surface area contributed by atoms with Crippen molar-refractivity contribution in [2.75, 3.05) is 0 Å². The Labute approximate surface area is 107 Å². The molecule has 3 heteroatoms. The number of benzene rings is 1. The summed E-state index contributed by atoms with van der Waals surface area (Å²) in [5, 5.41) is 14.1. The van der Waals surface area contributed by atoms with E-state index in [1.54, 1.807) is 11.3 Å². The first kappa shape index (κ1) is 11.1. The van der Waals surface area contributed by atoms with E-state index in [0.29, 0.717) is 6.42 Å². The molecule has 0 saturated heterocycles. The maximum absolute atomic E-state index is 10.0. The van der Waals surface area contributed by atoms with Gasteiger partial charge in [-0.3, -0.25) is 0 Å². The van der Waals surface area contributed by atoms with Crippen LogP contribution < -0.4 is 0 Å². The molecule has 1 atom stereocenters. The molecule has 1 aromatic heterocycles. The van der Waals surface area contributed by atoms with Crippen molar-refractivity contribution >= 4 is 33.9 Å². The van der Waals surface area contributed by atoms with Crippen molar-refractivity contribution in [2.45, 2.75) is 12.5 Å². The lowest BCUT2D eigenvalue weighted by Gasteiger charge is -2.10. The summed E-state index contributed by atoms with van der Waals surface area (Å²) in [6.07, 6.45) is 0.304. The molecule has 1 heterocycles. The van der Waals surface area contributed by atoms with Gasteiger partial charge < -0.3 is 5.11 Å². The number of aliphatic hydroxyl groups is 1. The van der Waals surface area contributed by atoms with E-state index in [0.717, 1.165) is 9.13 Å². The summed E-state index contributed by atoms with van der Waals surface area (Å²) < 4.78 is 1.16. The van der Waals surface area contributed by atoms with Crippen molar-refractivity contribution in [3.8, 4) is 0 Å². The van der Waals surface area contributed by atoms with Gasteiger partial charge in [0.15, 0.2) is 0 Å². The summed E-state index contributed by atoms with van der Waals surface area (Å²) in [7, 11) is 0. The number of thiophene rings is 1. The van der Waals surface area contributed by atoms with Crippen LogP contribution in [-0.4, -0.2) is 5.11 Å². The summed E-state index contributed by atoms with van der Waals surface area (Å²) in [5.41, 5.74) is 2.19. The standard InChI is InChI=1S/C12H11IOS/c13-11-3-1-2-10(7-11)12(14)6-9-4-5-15-8-9/h1-5,7-8,12,14H,6H2. The topological polar surface area (TPSA) is 20.2 Å². The molecule has 0 fully saturated rings. The van der Waals surface area contributed by atoms with Gasteiger partial charge in [0.05, 0.1) is 6.10 Å². The highest BCUT2D eigenvalue weighted by atomic mass is 127. The van der Waals surface area contributed by atoms with Gasteiger partial charge in [-0.2, -0.15) is 11.3 Å². The first-order valence-electron chi connectivity index (χ1n) is 4.70. The van der Waals surface area contributed by atoms with Crippen LogP contribution in [0.15, 0.2) is 41.1 Å². The SMILES string of the molecule is OC(Cc1ccsc1)c1cccc(I)c1. The molecule has 0 bridgehead atoms. The fraction of sp³-hybridized carbons (Fsp3) is 0.167. The molecule has 15 heavy (non-hydrogen) atoms. The molecule has 1 aromatic carbocycles. The average molecular weight is 330 g/mol. The Hall–Kier alpha value is -0.390. The lowest BCUT2D eigenvalue weighted by atomic mass is 10.0. The molecular weight excluding hydrogens is 319 g/mol. The number of rotatable bonds is 3. The van der Waals surface area contributed by atoms with Crippen LogP contribution >= 0.6 is 33.9 Å². The molecule has 2 rings (SSSR count). The minimum Gasteiger partial charge on any atom is -0.388 e. The van der Waals surface area contributed by atoms with Gasteiger partial charge in [0.25, 0.3) is 0 Å². The highest BCUT2D eigenvalue weighted by Gasteiger charge is 2.08. The Kier molecular flexibility index (Phi) is 3.77. The van der Waals surface area contributed by atoms with E-state index in [-0.39, 0.29) is 0 Å². The second-order valence-electron chi connectivity index (χ2n) is 3.41. The van der Waals surface area contributed by atoms with Crippen LogP contribution in [0.25, 0.3) is 0 Å². The minimum absolute atomic E-state index is 0.394. The molecule has 1 N–H and O–H groups in total. The van der Waals surface area contributed by atoms with Crippen LogP contribution in [0.5, 0.6) is 0 Å². The number of hydrogen-bond acceptors (Lipinski definition) is 2. The quantitative estimate of drug-likeness (QED) is 0.852. The van der Waals surface area contributed by atoms with E-state index >= 15 is 0 Å². The van der Waals surface area contributed by atoms with Crippen LogP contribution in [0, 0.1) is 3.57 Å². The number of halogens is 1. The molecule has 1 unspecified atom stereocenters. The molecule has 0 aliphatic carbocycles. The Morgan fingerprint density at radius 3 is 2.87 bits per heavy atom. The van der Waals surface area contributed by atoms with Crippen LogP contribution in [0.4, 0.5) is 0 Å². The Morgan fingerprint density at radius 1 is 1.33 bits per heavy atom. The summed E-state index contributed by atoms with van der Waals surface area (Å²) in [6.45, 7) is 0. The fourth-order valence-electron chi connectivity index (χ4n) is 1.46. The molecule has 0 amide bonds.